The lowest BCUT2D eigenvalue weighted by molar-refractivity contribution is 0.103. The van der Waals surface area contributed by atoms with Crippen LogP contribution in [0.5, 0.6) is 0 Å². The zero-order valence-electron chi connectivity index (χ0n) is 12.4. The molecule has 0 unspecified atom stereocenters. The van der Waals surface area contributed by atoms with Gasteiger partial charge in [-0.15, -0.1) is 0 Å². The number of fused-ring (bicyclic) bond motifs is 1. The Morgan fingerprint density at radius 1 is 1.09 bits per heavy atom. The van der Waals surface area contributed by atoms with Crippen molar-refractivity contribution in [2.75, 3.05) is 0 Å². The van der Waals surface area contributed by atoms with E-state index in [0.717, 1.165) is 40.5 Å². The van der Waals surface area contributed by atoms with Crippen LogP contribution in [0.4, 0.5) is 0 Å². The Morgan fingerprint density at radius 2 is 1.82 bits per heavy atom. The predicted octanol–water partition coefficient (Wildman–Crippen LogP) is 5.77. The molecule has 2 nitrogen and oxygen atoms in total. The molecule has 1 aromatic heterocycles. The first-order valence-corrected chi connectivity index (χ1v) is 8.30. The summed E-state index contributed by atoms with van der Waals surface area (Å²) in [5.41, 5.74) is 2.19. The van der Waals surface area contributed by atoms with Crippen LogP contribution in [0.1, 0.15) is 41.4 Å². The molecule has 3 aromatic rings. The molecule has 0 atom stereocenters. The third-order valence-electron chi connectivity index (χ3n) is 3.76. The van der Waals surface area contributed by atoms with Crippen LogP contribution in [0.15, 0.2) is 57.4 Å². The first-order valence-electron chi connectivity index (χ1n) is 7.51. The van der Waals surface area contributed by atoms with Gasteiger partial charge >= 0.3 is 0 Å². The summed E-state index contributed by atoms with van der Waals surface area (Å²) in [6.45, 7) is 2.14. The third kappa shape index (κ3) is 2.86. The van der Waals surface area contributed by atoms with Gasteiger partial charge in [-0.3, -0.25) is 4.79 Å². The minimum Gasteiger partial charge on any atom is -0.460 e. The molecule has 1 heterocycles. The van der Waals surface area contributed by atoms with Crippen molar-refractivity contribution < 1.29 is 9.21 Å². The molecule has 2 aromatic carbocycles. The SMILES string of the molecule is CCCCc1oc2ccccc2c1C(=O)c1ccc(Br)cc1. The molecule has 0 fully saturated rings. The quantitative estimate of drug-likeness (QED) is 0.543. The van der Waals surface area contributed by atoms with E-state index in [-0.39, 0.29) is 5.78 Å². The summed E-state index contributed by atoms with van der Waals surface area (Å²) in [5.74, 6) is 0.833. The van der Waals surface area contributed by atoms with Gasteiger partial charge in [-0.05, 0) is 36.8 Å². The summed E-state index contributed by atoms with van der Waals surface area (Å²) in [5, 5.41) is 0.904. The summed E-state index contributed by atoms with van der Waals surface area (Å²) in [4.78, 5) is 12.9. The lowest BCUT2D eigenvalue weighted by atomic mass is 9.98. The summed E-state index contributed by atoms with van der Waals surface area (Å²) < 4.78 is 6.90. The monoisotopic (exact) mass is 356 g/mol. The molecule has 0 saturated heterocycles. The van der Waals surface area contributed by atoms with Gasteiger partial charge in [-0.1, -0.05) is 47.5 Å². The molecule has 0 aliphatic rings. The Bertz CT molecular complexity index is 800. The highest BCUT2D eigenvalue weighted by Gasteiger charge is 2.21. The van der Waals surface area contributed by atoms with Crippen LogP contribution in [0, 0.1) is 0 Å². The maximum Gasteiger partial charge on any atom is 0.197 e. The van der Waals surface area contributed by atoms with Crippen molar-refractivity contribution in [2.45, 2.75) is 26.2 Å². The summed E-state index contributed by atoms with van der Waals surface area (Å²) in [6.07, 6.45) is 2.88. The smallest absolute Gasteiger partial charge is 0.197 e. The number of halogens is 1. The second kappa shape index (κ2) is 6.49. The topological polar surface area (TPSA) is 30.2 Å². The maximum atomic E-state index is 12.9. The van der Waals surface area contributed by atoms with Crippen LogP contribution in [-0.2, 0) is 6.42 Å². The van der Waals surface area contributed by atoms with E-state index in [4.69, 9.17) is 4.42 Å². The highest BCUT2D eigenvalue weighted by atomic mass is 79.9. The van der Waals surface area contributed by atoms with E-state index in [0.29, 0.717) is 11.1 Å². The van der Waals surface area contributed by atoms with Crippen molar-refractivity contribution in [1.82, 2.24) is 0 Å². The van der Waals surface area contributed by atoms with Crippen molar-refractivity contribution in [3.05, 3.63) is 69.9 Å². The fourth-order valence-electron chi connectivity index (χ4n) is 2.60. The van der Waals surface area contributed by atoms with Crippen LogP contribution >= 0.6 is 15.9 Å². The van der Waals surface area contributed by atoms with Gasteiger partial charge in [-0.2, -0.15) is 0 Å². The van der Waals surface area contributed by atoms with Crippen molar-refractivity contribution in [3.8, 4) is 0 Å². The standard InChI is InChI=1S/C19H17BrO2/c1-2-3-7-17-18(15-6-4-5-8-16(15)22-17)19(21)13-9-11-14(20)12-10-13/h4-6,8-12H,2-3,7H2,1H3. The van der Waals surface area contributed by atoms with Gasteiger partial charge in [-0.25, -0.2) is 0 Å². The number of ketones is 1. The van der Waals surface area contributed by atoms with E-state index in [1.54, 1.807) is 0 Å². The minimum atomic E-state index is 0.0311. The summed E-state index contributed by atoms with van der Waals surface area (Å²) in [6, 6.07) is 15.2. The molecule has 0 aliphatic carbocycles. The number of para-hydroxylation sites is 1. The summed E-state index contributed by atoms with van der Waals surface area (Å²) in [7, 11) is 0. The number of carbonyl (C=O) groups is 1. The predicted molar refractivity (Wildman–Crippen MR) is 92.4 cm³/mol. The number of aryl methyl sites for hydroxylation is 1. The molecule has 112 valence electrons. The number of hydrogen-bond acceptors (Lipinski definition) is 2. The molecule has 3 rings (SSSR count). The van der Waals surface area contributed by atoms with Gasteiger partial charge in [0, 0.05) is 21.8 Å². The zero-order valence-corrected chi connectivity index (χ0v) is 14.0. The molecule has 3 heteroatoms. The lowest BCUT2D eigenvalue weighted by Crippen LogP contribution is -2.03. The average molecular weight is 357 g/mol. The van der Waals surface area contributed by atoms with Crippen molar-refractivity contribution in [3.63, 3.8) is 0 Å². The number of hydrogen-bond donors (Lipinski definition) is 0. The van der Waals surface area contributed by atoms with Gasteiger partial charge in [0.05, 0.1) is 5.56 Å². The number of rotatable bonds is 5. The van der Waals surface area contributed by atoms with Crippen molar-refractivity contribution in [2.24, 2.45) is 0 Å². The second-order valence-electron chi connectivity index (χ2n) is 5.34. The number of benzene rings is 2. The number of unbranched alkanes of at least 4 members (excludes halogenated alkanes) is 1. The molecule has 0 radical (unpaired) electrons. The van der Waals surface area contributed by atoms with E-state index < -0.39 is 0 Å². The van der Waals surface area contributed by atoms with Crippen LogP contribution < -0.4 is 0 Å². The van der Waals surface area contributed by atoms with E-state index in [2.05, 4.69) is 22.9 Å². The van der Waals surface area contributed by atoms with Crippen LogP contribution in [-0.4, -0.2) is 5.78 Å². The molecular weight excluding hydrogens is 340 g/mol. The Balaban J connectivity index is 2.10. The first-order chi connectivity index (χ1) is 10.7. The second-order valence-corrected chi connectivity index (χ2v) is 6.25. The van der Waals surface area contributed by atoms with E-state index >= 15 is 0 Å². The molecule has 0 spiro atoms. The fourth-order valence-corrected chi connectivity index (χ4v) is 2.87. The van der Waals surface area contributed by atoms with Gasteiger partial charge in [0.1, 0.15) is 11.3 Å². The molecule has 0 saturated carbocycles. The number of carbonyl (C=O) groups excluding carboxylic acids is 1. The first kappa shape index (κ1) is 15.0. The summed E-state index contributed by atoms with van der Waals surface area (Å²) >= 11 is 3.40. The molecule has 22 heavy (non-hydrogen) atoms. The minimum absolute atomic E-state index is 0.0311. The highest BCUT2D eigenvalue weighted by molar-refractivity contribution is 9.10. The number of furan rings is 1. The Hall–Kier alpha value is -1.87. The zero-order chi connectivity index (χ0) is 15.5. The molecule has 0 N–H and O–H groups in total. The molecule has 0 bridgehead atoms. The van der Waals surface area contributed by atoms with E-state index in [1.807, 2.05) is 48.5 Å². The Morgan fingerprint density at radius 3 is 2.55 bits per heavy atom. The van der Waals surface area contributed by atoms with Crippen LogP contribution in [0.25, 0.3) is 11.0 Å². The maximum absolute atomic E-state index is 12.9. The van der Waals surface area contributed by atoms with Gasteiger partial charge in [0.2, 0.25) is 0 Å². The average Bonchev–Trinajstić information content (AvgIpc) is 2.91. The van der Waals surface area contributed by atoms with E-state index in [1.165, 1.54) is 0 Å². The Kier molecular flexibility index (Phi) is 4.44. The molecular formula is C19H17BrO2. The molecule has 0 aliphatic heterocycles. The van der Waals surface area contributed by atoms with Gasteiger partial charge < -0.3 is 4.42 Å². The van der Waals surface area contributed by atoms with Gasteiger partial charge in [0.25, 0.3) is 0 Å². The van der Waals surface area contributed by atoms with Crippen LogP contribution in [0.2, 0.25) is 0 Å². The highest BCUT2D eigenvalue weighted by Crippen LogP contribution is 2.29. The Labute approximate surface area is 138 Å². The fraction of sp³-hybridized carbons (Fsp3) is 0.211. The van der Waals surface area contributed by atoms with E-state index in [9.17, 15) is 4.79 Å². The molecule has 0 amide bonds. The normalized spacial score (nSPS) is 11.0. The largest absolute Gasteiger partial charge is 0.460 e. The van der Waals surface area contributed by atoms with Crippen LogP contribution in [0.3, 0.4) is 0 Å². The van der Waals surface area contributed by atoms with Crippen molar-refractivity contribution in [1.29, 1.82) is 0 Å². The lowest BCUT2D eigenvalue weighted by Gasteiger charge is -2.03. The third-order valence-corrected chi connectivity index (χ3v) is 4.29. The van der Waals surface area contributed by atoms with Gasteiger partial charge in [0.15, 0.2) is 5.78 Å². The van der Waals surface area contributed by atoms with Crippen molar-refractivity contribution >= 4 is 32.7 Å².